The van der Waals surface area contributed by atoms with Crippen molar-refractivity contribution in [1.82, 2.24) is 4.98 Å². The van der Waals surface area contributed by atoms with Crippen molar-refractivity contribution in [2.75, 3.05) is 5.32 Å². The Morgan fingerprint density at radius 1 is 1.23 bits per heavy atom. The predicted octanol–water partition coefficient (Wildman–Crippen LogP) is 4.50. The lowest BCUT2D eigenvalue weighted by Crippen LogP contribution is -2.15. The highest BCUT2D eigenvalue weighted by molar-refractivity contribution is 5.91. The zero-order valence-corrected chi connectivity index (χ0v) is 13.1. The zero-order valence-electron chi connectivity index (χ0n) is 13.1. The third-order valence-corrected chi connectivity index (χ3v) is 4.52. The van der Waals surface area contributed by atoms with Crippen molar-refractivity contribution >= 4 is 22.9 Å². The molecule has 0 aliphatic heterocycles. The number of aldehydes is 1. The van der Waals surface area contributed by atoms with Gasteiger partial charge in [0.1, 0.15) is 6.29 Å². The third-order valence-electron chi connectivity index (χ3n) is 4.52. The normalized spacial score (nSPS) is 15.3. The van der Waals surface area contributed by atoms with Gasteiger partial charge in [0, 0.05) is 24.0 Å². The minimum Gasteiger partial charge on any atom is -0.381 e. The minimum atomic E-state index is 0.593. The van der Waals surface area contributed by atoms with E-state index in [1.165, 1.54) is 42.3 Å². The molecule has 1 fully saturated rings. The monoisotopic (exact) mass is 296 g/mol. The Bertz CT molecular complexity index is 632. The largest absolute Gasteiger partial charge is 0.381 e. The topological polar surface area (TPSA) is 42.0 Å². The quantitative estimate of drug-likeness (QED) is 0.604. The predicted molar refractivity (Wildman–Crippen MR) is 91.2 cm³/mol. The molecule has 0 unspecified atom stereocenters. The van der Waals surface area contributed by atoms with Crippen LogP contribution in [0.4, 0.5) is 5.69 Å². The van der Waals surface area contributed by atoms with Gasteiger partial charge < -0.3 is 10.1 Å². The van der Waals surface area contributed by atoms with Crippen LogP contribution in [-0.2, 0) is 11.2 Å². The van der Waals surface area contributed by atoms with E-state index < -0.39 is 0 Å². The van der Waals surface area contributed by atoms with Crippen LogP contribution >= 0.6 is 0 Å². The van der Waals surface area contributed by atoms with Crippen LogP contribution in [0.15, 0.2) is 30.5 Å². The second-order valence-corrected chi connectivity index (χ2v) is 6.26. The molecule has 0 amide bonds. The van der Waals surface area contributed by atoms with E-state index in [-0.39, 0.29) is 0 Å². The summed E-state index contributed by atoms with van der Waals surface area (Å²) in [5.74, 6) is 0. The van der Waals surface area contributed by atoms with Crippen LogP contribution in [0.2, 0.25) is 0 Å². The first kappa shape index (κ1) is 15.0. The summed E-state index contributed by atoms with van der Waals surface area (Å²) in [6.45, 7) is 0. The van der Waals surface area contributed by atoms with E-state index >= 15 is 0 Å². The molecule has 1 aromatic carbocycles. The van der Waals surface area contributed by atoms with Gasteiger partial charge in [-0.2, -0.15) is 0 Å². The number of unbranched alkanes of at least 4 members (excludes halogenated alkanes) is 2. The van der Waals surface area contributed by atoms with Crippen LogP contribution in [0, 0.1) is 0 Å². The Kier molecular flexibility index (Phi) is 5.04. The molecule has 22 heavy (non-hydrogen) atoms. The molecule has 1 saturated carbocycles. The summed E-state index contributed by atoms with van der Waals surface area (Å²) in [4.78, 5) is 15.0. The maximum Gasteiger partial charge on any atom is 0.119 e. The molecule has 3 rings (SSSR count). The number of benzene rings is 1. The van der Waals surface area contributed by atoms with Gasteiger partial charge in [-0.25, -0.2) is 0 Å². The fraction of sp³-hybridized carbons (Fsp3) is 0.474. The highest BCUT2D eigenvalue weighted by atomic mass is 16.1. The van der Waals surface area contributed by atoms with Crippen molar-refractivity contribution in [3.63, 3.8) is 0 Å². The molecule has 2 aromatic rings. The molecule has 0 atom stereocenters. The molecule has 3 nitrogen and oxygen atoms in total. The Hall–Kier alpha value is -1.90. The van der Waals surface area contributed by atoms with Crippen molar-refractivity contribution in [3.05, 3.63) is 36.0 Å². The van der Waals surface area contributed by atoms with Gasteiger partial charge in [0.25, 0.3) is 0 Å². The standard InChI is InChI=1S/C19H24N2O/c22-12-5-1-2-7-15-13-16-8-6-11-20-19(16)18(14-15)21-17-9-3-4-10-17/h6,8,11-14,17,21H,1-5,7,9-10H2. The molecule has 0 radical (unpaired) electrons. The highest BCUT2D eigenvalue weighted by Crippen LogP contribution is 2.28. The third kappa shape index (κ3) is 3.65. The Balaban J connectivity index is 1.81. The van der Waals surface area contributed by atoms with Crippen LogP contribution in [0.1, 0.15) is 50.5 Å². The Labute approximate surface area is 132 Å². The molecular weight excluding hydrogens is 272 g/mol. The van der Waals surface area contributed by atoms with Gasteiger partial charge >= 0.3 is 0 Å². The van der Waals surface area contributed by atoms with Gasteiger partial charge in [-0.1, -0.05) is 18.9 Å². The zero-order chi connectivity index (χ0) is 15.2. The molecule has 1 aliphatic carbocycles. The number of rotatable bonds is 7. The van der Waals surface area contributed by atoms with E-state index in [1.807, 2.05) is 12.3 Å². The summed E-state index contributed by atoms with van der Waals surface area (Å²) < 4.78 is 0. The molecule has 1 heterocycles. The van der Waals surface area contributed by atoms with Crippen LogP contribution in [0.25, 0.3) is 10.9 Å². The summed E-state index contributed by atoms with van der Waals surface area (Å²) in [5, 5.41) is 4.91. The fourth-order valence-corrected chi connectivity index (χ4v) is 3.36. The molecule has 1 N–H and O–H groups in total. The molecule has 1 aromatic heterocycles. The summed E-state index contributed by atoms with van der Waals surface area (Å²) in [6, 6.07) is 9.22. The van der Waals surface area contributed by atoms with E-state index in [0.717, 1.165) is 31.1 Å². The van der Waals surface area contributed by atoms with E-state index in [0.29, 0.717) is 12.5 Å². The number of nitrogens with zero attached hydrogens (tertiary/aromatic N) is 1. The first-order valence-corrected chi connectivity index (χ1v) is 8.44. The van der Waals surface area contributed by atoms with Crippen molar-refractivity contribution in [1.29, 1.82) is 0 Å². The number of carbonyl (C=O) groups is 1. The first-order chi connectivity index (χ1) is 10.9. The van der Waals surface area contributed by atoms with Gasteiger partial charge in [-0.3, -0.25) is 4.98 Å². The van der Waals surface area contributed by atoms with E-state index in [4.69, 9.17) is 0 Å². The molecule has 0 saturated heterocycles. The fourth-order valence-electron chi connectivity index (χ4n) is 3.36. The van der Waals surface area contributed by atoms with E-state index in [9.17, 15) is 4.79 Å². The molecule has 116 valence electrons. The minimum absolute atomic E-state index is 0.593. The number of hydrogen-bond donors (Lipinski definition) is 1. The SMILES string of the molecule is O=CCCCCc1cc(NC2CCCC2)c2ncccc2c1. The average Bonchev–Trinajstić information content (AvgIpc) is 3.05. The summed E-state index contributed by atoms with van der Waals surface area (Å²) in [7, 11) is 0. The van der Waals surface area contributed by atoms with Gasteiger partial charge in [0.05, 0.1) is 11.2 Å². The number of aromatic nitrogens is 1. The van der Waals surface area contributed by atoms with Gasteiger partial charge in [0.15, 0.2) is 0 Å². The summed E-state index contributed by atoms with van der Waals surface area (Å²) in [6.07, 6.45) is 11.8. The van der Waals surface area contributed by atoms with E-state index in [2.05, 4.69) is 28.5 Å². The molecule has 3 heteroatoms. The maximum atomic E-state index is 10.4. The number of fused-ring (bicyclic) bond motifs is 1. The number of carbonyl (C=O) groups excluding carboxylic acids is 1. The molecule has 0 spiro atoms. The maximum absolute atomic E-state index is 10.4. The van der Waals surface area contributed by atoms with Crippen molar-refractivity contribution in [3.8, 4) is 0 Å². The lowest BCUT2D eigenvalue weighted by atomic mass is 10.0. The van der Waals surface area contributed by atoms with Gasteiger partial charge in [-0.05, 0) is 55.9 Å². The lowest BCUT2D eigenvalue weighted by Gasteiger charge is -2.16. The van der Waals surface area contributed by atoms with Gasteiger partial charge in [-0.15, -0.1) is 0 Å². The number of hydrogen-bond acceptors (Lipinski definition) is 3. The Morgan fingerprint density at radius 2 is 2.09 bits per heavy atom. The molecule has 0 bridgehead atoms. The summed E-state index contributed by atoms with van der Waals surface area (Å²) in [5.41, 5.74) is 3.59. The van der Waals surface area contributed by atoms with Crippen LogP contribution < -0.4 is 5.32 Å². The van der Waals surface area contributed by atoms with Gasteiger partial charge in [0.2, 0.25) is 0 Å². The Morgan fingerprint density at radius 3 is 2.91 bits per heavy atom. The summed E-state index contributed by atoms with van der Waals surface area (Å²) >= 11 is 0. The smallest absolute Gasteiger partial charge is 0.119 e. The van der Waals surface area contributed by atoms with Crippen molar-refractivity contribution < 1.29 is 4.79 Å². The number of pyridine rings is 1. The second-order valence-electron chi connectivity index (χ2n) is 6.26. The van der Waals surface area contributed by atoms with E-state index in [1.54, 1.807) is 0 Å². The first-order valence-electron chi connectivity index (χ1n) is 8.44. The number of aryl methyl sites for hydroxylation is 1. The second kappa shape index (κ2) is 7.39. The average molecular weight is 296 g/mol. The van der Waals surface area contributed by atoms with Crippen LogP contribution in [0.3, 0.4) is 0 Å². The van der Waals surface area contributed by atoms with Crippen LogP contribution in [0.5, 0.6) is 0 Å². The lowest BCUT2D eigenvalue weighted by molar-refractivity contribution is -0.107. The van der Waals surface area contributed by atoms with Crippen molar-refractivity contribution in [2.24, 2.45) is 0 Å². The molecular formula is C19H24N2O. The van der Waals surface area contributed by atoms with Crippen molar-refractivity contribution in [2.45, 2.75) is 57.4 Å². The number of anilines is 1. The molecule has 1 aliphatic rings. The van der Waals surface area contributed by atoms with Crippen LogP contribution in [-0.4, -0.2) is 17.3 Å². The highest BCUT2D eigenvalue weighted by Gasteiger charge is 2.16. The number of nitrogens with one attached hydrogen (secondary N) is 1.